The summed E-state index contributed by atoms with van der Waals surface area (Å²) in [7, 11) is 0. The highest BCUT2D eigenvalue weighted by molar-refractivity contribution is 7.80. The third kappa shape index (κ3) is 4.31. The highest BCUT2D eigenvalue weighted by Crippen LogP contribution is 2.18. The summed E-state index contributed by atoms with van der Waals surface area (Å²) in [5.74, 6) is 0. The molecule has 3 nitrogen and oxygen atoms in total. The number of thiocarbonyl (C=S) groups is 1. The summed E-state index contributed by atoms with van der Waals surface area (Å²) in [6, 6.07) is 8.64. The first-order valence-corrected chi connectivity index (χ1v) is 9.33. The van der Waals surface area contributed by atoms with Crippen LogP contribution >= 0.6 is 23.6 Å². The number of nitrogens with one attached hydrogen (secondary N) is 1. The van der Waals surface area contributed by atoms with Crippen LogP contribution in [0, 0.1) is 13.8 Å². The summed E-state index contributed by atoms with van der Waals surface area (Å²) >= 11 is 7.38. The second-order valence-electron chi connectivity index (χ2n) is 6.14. The van der Waals surface area contributed by atoms with Crippen LogP contribution in [0.2, 0.25) is 0 Å². The van der Waals surface area contributed by atoms with E-state index in [0.717, 1.165) is 43.5 Å². The molecule has 0 bridgehead atoms. The number of rotatable bonds is 3. The largest absolute Gasteiger partial charge is 0.346 e. The third-order valence-electron chi connectivity index (χ3n) is 4.28. The molecule has 3 rings (SSSR count). The van der Waals surface area contributed by atoms with Crippen molar-refractivity contribution in [2.24, 2.45) is 0 Å². The van der Waals surface area contributed by atoms with Crippen LogP contribution in [0.4, 0.5) is 5.69 Å². The average Bonchev–Trinajstić information content (AvgIpc) is 3.04. The lowest BCUT2D eigenvalue weighted by Crippen LogP contribution is -2.49. The SMILES string of the molecule is Cc1ccc(C)c(NC(=S)N2CCN(Cc3ccsc3)CC2)c1. The maximum absolute atomic E-state index is 5.61. The van der Waals surface area contributed by atoms with Crippen LogP contribution in [0.3, 0.4) is 0 Å². The van der Waals surface area contributed by atoms with Crippen molar-refractivity contribution in [1.82, 2.24) is 9.80 Å². The minimum atomic E-state index is 0.842. The normalized spacial score (nSPS) is 15.7. The van der Waals surface area contributed by atoms with Crippen LogP contribution in [-0.2, 0) is 6.54 Å². The molecule has 0 spiro atoms. The van der Waals surface area contributed by atoms with E-state index < -0.39 is 0 Å². The van der Waals surface area contributed by atoms with Crippen LogP contribution < -0.4 is 5.32 Å². The zero-order valence-electron chi connectivity index (χ0n) is 13.7. The van der Waals surface area contributed by atoms with Gasteiger partial charge in [-0.15, -0.1) is 0 Å². The Balaban J connectivity index is 1.53. The molecule has 23 heavy (non-hydrogen) atoms. The molecule has 122 valence electrons. The van der Waals surface area contributed by atoms with E-state index in [9.17, 15) is 0 Å². The summed E-state index contributed by atoms with van der Waals surface area (Å²) in [6.07, 6.45) is 0. The van der Waals surface area contributed by atoms with Gasteiger partial charge in [-0.25, -0.2) is 0 Å². The molecule has 1 fully saturated rings. The van der Waals surface area contributed by atoms with Crippen LogP contribution in [0.1, 0.15) is 16.7 Å². The molecule has 0 saturated carbocycles. The van der Waals surface area contributed by atoms with E-state index in [1.165, 1.54) is 16.7 Å². The molecule has 2 heterocycles. The fourth-order valence-corrected chi connectivity index (χ4v) is 3.77. The maximum Gasteiger partial charge on any atom is 0.173 e. The standard InChI is InChI=1S/C18H23N3S2/c1-14-3-4-15(2)17(11-14)19-18(22)21-8-6-20(7-9-21)12-16-5-10-23-13-16/h3-5,10-11,13H,6-9,12H2,1-2H3,(H,19,22). The lowest BCUT2D eigenvalue weighted by molar-refractivity contribution is 0.177. The minimum Gasteiger partial charge on any atom is -0.346 e. The monoisotopic (exact) mass is 345 g/mol. The van der Waals surface area contributed by atoms with Crippen LogP contribution in [0.5, 0.6) is 0 Å². The average molecular weight is 346 g/mol. The molecule has 0 atom stereocenters. The molecule has 0 amide bonds. The van der Waals surface area contributed by atoms with Gasteiger partial charge < -0.3 is 10.2 Å². The number of anilines is 1. The summed E-state index contributed by atoms with van der Waals surface area (Å²) in [5, 5.41) is 8.65. The first-order valence-electron chi connectivity index (χ1n) is 7.98. The number of thiophene rings is 1. The Labute approximate surface area is 147 Å². The molecule has 1 aliphatic heterocycles. The number of aryl methyl sites for hydroxylation is 2. The van der Waals surface area contributed by atoms with Gasteiger partial charge in [-0.1, -0.05) is 12.1 Å². The molecule has 0 unspecified atom stereocenters. The second kappa shape index (κ2) is 7.43. The van der Waals surface area contributed by atoms with Gasteiger partial charge in [-0.2, -0.15) is 11.3 Å². The lowest BCUT2D eigenvalue weighted by Gasteiger charge is -2.36. The van der Waals surface area contributed by atoms with E-state index in [1.54, 1.807) is 11.3 Å². The summed E-state index contributed by atoms with van der Waals surface area (Å²) in [6.45, 7) is 9.37. The van der Waals surface area contributed by atoms with Crippen molar-refractivity contribution in [2.75, 3.05) is 31.5 Å². The molecule has 0 aliphatic carbocycles. The van der Waals surface area contributed by atoms with Gasteiger partial charge in [0.1, 0.15) is 0 Å². The van der Waals surface area contributed by atoms with Gasteiger partial charge in [-0.3, -0.25) is 4.90 Å². The Morgan fingerprint density at radius 3 is 2.65 bits per heavy atom. The van der Waals surface area contributed by atoms with Gasteiger partial charge in [0.25, 0.3) is 0 Å². The molecule has 1 aromatic carbocycles. The van der Waals surface area contributed by atoms with E-state index in [1.807, 2.05) is 0 Å². The van der Waals surface area contributed by atoms with Crippen molar-refractivity contribution in [2.45, 2.75) is 20.4 Å². The van der Waals surface area contributed by atoms with Crippen molar-refractivity contribution in [3.63, 3.8) is 0 Å². The van der Waals surface area contributed by atoms with Gasteiger partial charge >= 0.3 is 0 Å². The van der Waals surface area contributed by atoms with Gasteiger partial charge in [-0.05, 0) is 65.6 Å². The Morgan fingerprint density at radius 2 is 1.96 bits per heavy atom. The number of hydrogen-bond donors (Lipinski definition) is 1. The van der Waals surface area contributed by atoms with Gasteiger partial charge in [0, 0.05) is 38.4 Å². The van der Waals surface area contributed by atoms with Crippen LogP contribution in [0.25, 0.3) is 0 Å². The molecule has 1 saturated heterocycles. The summed E-state index contributed by atoms with van der Waals surface area (Å²) in [4.78, 5) is 4.78. The van der Waals surface area contributed by atoms with Gasteiger partial charge in [0.15, 0.2) is 5.11 Å². The van der Waals surface area contributed by atoms with E-state index >= 15 is 0 Å². The zero-order chi connectivity index (χ0) is 16.2. The molecule has 1 aliphatic rings. The number of hydrogen-bond acceptors (Lipinski definition) is 3. The predicted molar refractivity (Wildman–Crippen MR) is 103 cm³/mol. The van der Waals surface area contributed by atoms with E-state index in [2.05, 4.69) is 64.0 Å². The lowest BCUT2D eigenvalue weighted by atomic mass is 10.1. The number of benzene rings is 1. The molecule has 1 N–H and O–H groups in total. The Hall–Kier alpha value is -1.43. The van der Waals surface area contributed by atoms with E-state index in [4.69, 9.17) is 12.2 Å². The molecule has 0 radical (unpaired) electrons. The molecule has 1 aromatic heterocycles. The van der Waals surface area contributed by atoms with Crippen molar-refractivity contribution in [3.8, 4) is 0 Å². The molecule has 5 heteroatoms. The first kappa shape index (κ1) is 16.4. The second-order valence-corrected chi connectivity index (χ2v) is 7.31. The molecule has 2 aromatic rings. The molecular formula is C18H23N3S2. The first-order chi connectivity index (χ1) is 11.1. The van der Waals surface area contributed by atoms with Crippen LogP contribution in [0.15, 0.2) is 35.0 Å². The Bertz CT molecular complexity index is 659. The van der Waals surface area contributed by atoms with Gasteiger partial charge in [0.2, 0.25) is 0 Å². The number of nitrogens with zero attached hydrogens (tertiary/aromatic N) is 2. The van der Waals surface area contributed by atoms with E-state index in [0.29, 0.717) is 0 Å². The van der Waals surface area contributed by atoms with Crippen molar-refractivity contribution in [3.05, 3.63) is 51.7 Å². The van der Waals surface area contributed by atoms with Crippen molar-refractivity contribution < 1.29 is 0 Å². The quantitative estimate of drug-likeness (QED) is 0.851. The minimum absolute atomic E-state index is 0.842. The summed E-state index contributed by atoms with van der Waals surface area (Å²) in [5.41, 5.74) is 5.02. The molecular weight excluding hydrogens is 322 g/mol. The highest BCUT2D eigenvalue weighted by Gasteiger charge is 2.19. The van der Waals surface area contributed by atoms with Crippen molar-refractivity contribution in [1.29, 1.82) is 0 Å². The zero-order valence-corrected chi connectivity index (χ0v) is 15.3. The Kier molecular flexibility index (Phi) is 5.30. The summed E-state index contributed by atoms with van der Waals surface area (Å²) < 4.78 is 0. The van der Waals surface area contributed by atoms with E-state index in [-0.39, 0.29) is 0 Å². The number of piperazine rings is 1. The Morgan fingerprint density at radius 1 is 1.17 bits per heavy atom. The van der Waals surface area contributed by atoms with Gasteiger partial charge in [0.05, 0.1) is 0 Å². The maximum atomic E-state index is 5.61. The topological polar surface area (TPSA) is 18.5 Å². The fraction of sp³-hybridized carbons (Fsp3) is 0.389. The smallest absolute Gasteiger partial charge is 0.173 e. The fourth-order valence-electron chi connectivity index (χ4n) is 2.81. The van der Waals surface area contributed by atoms with Crippen molar-refractivity contribution >= 4 is 34.4 Å². The predicted octanol–water partition coefficient (Wildman–Crippen LogP) is 3.88. The highest BCUT2D eigenvalue weighted by atomic mass is 32.1. The third-order valence-corrected chi connectivity index (χ3v) is 5.37. The van der Waals surface area contributed by atoms with Crippen LogP contribution in [-0.4, -0.2) is 41.1 Å².